The van der Waals surface area contributed by atoms with Crippen LogP contribution in [0.1, 0.15) is 79.6 Å². The summed E-state index contributed by atoms with van der Waals surface area (Å²) in [4.78, 5) is 0. The lowest BCUT2D eigenvalue weighted by atomic mass is 10.1. The number of hydrogen-bond acceptors (Lipinski definition) is 2. The minimum absolute atomic E-state index is 0.313. The van der Waals surface area contributed by atoms with Crippen LogP contribution in [0.2, 0.25) is 0 Å². The molecule has 1 heterocycles. The molecule has 4 unspecified atom stereocenters. The van der Waals surface area contributed by atoms with Crippen molar-refractivity contribution in [2.75, 3.05) is 49.8 Å². The first-order valence-electron chi connectivity index (χ1n) is 19.5. The van der Waals surface area contributed by atoms with Gasteiger partial charge in [0, 0.05) is 25.1 Å². The quantitative estimate of drug-likeness (QED) is 0.202. The van der Waals surface area contributed by atoms with E-state index in [-0.39, 0.29) is 31.7 Å². The zero-order chi connectivity index (χ0) is 37.7. The van der Waals surface area contributed by atoms with E-state index in [0.717, 1.165) is 25.1 Å². The Balaban J connectivity index is 1.52. The van der Waals surface area contributed by atoms with Gasteiger partial charge in [0.05, 0.1) is 0 Å². The predicted molar refractivity (Wildman–Crippen MR) is 243 cm³/mol. The van der Waals surface area contributed by atoms with E-state index < -0.39 is 0 Å². The van der Waals surface area contributed by atoms with Crippen molar-refractivity contribution >= 4 is 52.9 Å². The Morgan fingerprint density at radius 3 is 0.654 bits per heavy atom. The summed E-state index contributed by atoms with van der Waals surface area (Å²) in [6, 6.07) is 19.5. The Morgan fingerprint density at radius 2 is 0.481 bits per heavy atom. The van der Waals surface area contributed by atoms with Crippen molar-refractivity contribution in [3.63, 3.8) is 0 Å². The summed E-state index contributed by atoms with van der Waals surface area (Å²) < 4.78 is 0. The third-order valence-corrected chi connectivity index (χ3v) is 21.9. The van der Waals surface area contributed by atoms with Crippen LogP contribution in [0.3, 0.4) is 0 Å². The zero-order valence-electron chi connectivity index (χ0n) is 34.5. The van der Waals surface area contributed by atoms with Gasteiger partial charge in [0.25, 0.3) is 0 Å². The minimum Gasteiger partial charge on any atom is -0.308 e. The van der Waals surface area contributed by atoms with Crippen molar-refractivity contribution in [3.05, 3.63) is 115 Å². The molecule has 0 aliphatic carbocycles. The number of nitrogens with one attached hydrogen (secondary N) is 2. The van der Waals surface area contributed by atoms with Gasteiger partial charge >= 0.3 is 0 Å². The lowest BCUT2D eigenvalue weighted by Crippen LogP contribution is -2.28. The van der Waals surface area contributed by atoms with Gasteiger partial charge < -0.3 is 10.6 Å². The summed E-state index contributed by atoms with van der Waals surface area (Å²) in [6.07, 6.45) is 12.2. The van der Waals surface area contributed by atoms with E-state index in [1.165, 1.54) is 104 Å². The summed E-state index contributed by atoms with van der Waals surface area (Å²) in [5.41, 5.74) is 17.5. The maximum absolute atomic E-state index is 4.19. The second-order valence-electron chi connectivity index (χ2n) is 15.9. The molecular weight excluding hydrogens is 704 g/mol. The highest BCUT2D eigenvalue weighted by molar-refractivity contribution is 7.68. The van der Waals surface area contributed by atoms with Gasteiger partial charge in [-0.2, -0.15) is 0 Å². The first-order valence-corrected chi connectivity index (χ1v) is 26.3. The standard InChI is InChI=1S/C46H66N2P4/c1-31-19-35(5)43(36(6)20-31)49-15-13-16-50(44-37(7)21-32(2)22-38(44)8)29-48-30-52(46-41(11)25-34(4)26-42(46)12)18-14-17-51(28-47-27-49)45-39(9)23-33(3)24-40(45)10/h19-26,47-48H,13-18,27-30H2,1-12H3. The molecule has 2 nitrogen and oxygen atoms in total. The monoisotopic (exact) mass is 770 g/mol. The molecule has 6 heteroatoms. The van der Waals surface area contributed by atoms with Crippen LogP contribution >= 0.6 is 31.7 Å². The molecule has 0 saturated carbocycles. The molecule has 4 aromatic rings. The summed E-state index contributed by atoms with van der Waals surface area (Å²) in [7, 11) is -1.25. The van der Waals surface area contributed by atoms with Crippen molar-refractivity contribution in [2.24, 2.45) is 0 Å². The van der Waals surface area contributed by atoms with E-state index in [0.29, 0.717) is 0 Å². The van der Waals surface area contributed by atoms with Crippen LogP contribution in [-0.2, 0) is 0 Å². The average Bonchev–Trinajstić information content (AvgIpc) is 3.01. The van der Waals surface area contributed by atoms with Crippen molar-refractivity contribution in [3.8, 4) is 0 Å². The van der Waals surface area contributed by atoms with Gasteiger partial charge in [-0.05, 0) is 186 Å². The van der Waals surface area contributed by atoms with Crippen LogP contribution in [0.25, 0.3) is 0 Å². The number of rotatable bonds is 4. The fourth-order valence-corrected chi connectivity index (χ4v) is 20.5. The van der Waals surface area contributed by atoms with Crippen LogP contribution in [0.4, 0.5) is 0 Å². The minimum atomic E-state index is -0.313. The second-order valence-corrected chi connectivity index (χ2v) is 25.0. The average molecular weight is 771 g/mol. The van der Waals surface area contributed by atoms with Gasteiger partial charge in [-0.3, -0.25) is 0 Å². The molecule has 2 N–H and O–H groups in total. The molecular formula is C46H66N2P4. The molecule has 0 spiro atoms. The molecule has 1 aliphatic heterocycles. The summed E-state index contributed by atoms with van der Waals surface area (Å²) in [5.74, 6) is 0. The molecule has 4 aromatic carbocycles. The molecule has 0 bridgehead atoms. The molecule has 0 aromatic heterocycles. The van der Waals surface area contributed by atoms with Gasteiger partial charge in [-0.25, -0.2) is 0 Å². The molecule has 1 aliphatic rings. The van der Waals surface area contributed by atoms with Gasteiger partial charge in [-0.15, -0.1) is 0 Å². The van der Waals surface area contributed by atoms with Crippen molar-refractivity contribution in [2.45, 2.75) is 95.9 Å². The van der Waals surface area contributed by atoms with E-state index in [1.807, 2.05) is 0 Å². The van der Waals surface area contributed by atoms with Gasteiger partial charge in [0.2, 0.25) is 0 Å². The molecule has 52 heavy (non-hydrogen) atoms. The largest absolute Gasteiger partial charge is 0.308 e. The van der Waals surface area contributed by atoms with Crippen LogP contribution in [0, 0.1) is 83.1 Å². The van der Waals surface area contributed by atoms with Crippen LogP contribution < -0.4 is 31.9 Å². The van der Waals surface area contributed by atoms with Crippen LogP contribution in [0.15, 0.2) is 48.5 Å². The maximum Gasteiger partial charge on any atom is 0.0200 e. The van der Waals surface area contributed by atoms with Crippen molar-refractivity contribution in [1.29, 1.82) is 0 Å². The molecule has 1 fully saturated rings. The van der Waals surface area contributed by atoms with Crippen LogP contribution in [0.5, 0.6) is 0 Å². The number of benzene rings is 4. The zero-order valence-corrected chi connectivity index (χ0v) is 38.1. The molecule has 0 amide bonds. The predicted octanol–water partition coefficient (Wildman–Crippen LogP) is 10.7. The third kappa shape index (κ3) is 10.4. The smallest absolute Gasteiger partial charge is 0.0200 e. The summed E-state index contributed by atoms with van der Waals surface area (Å²) in [6.45, 7) is 28.0. The molecule has 280 valence electrons. The molecule has 4 atom stereocenters. The van der Waals surface area contributed by atoms with Gasteiger partial charge in [0.15, 0.2) is 0 Å². The van der Waals surface area contributed by atoms with Crippen molar-refractivity contribution < 1.29 is 0 Å². The van der Waals surface area contributed by atoms with E-state index in [4.69, 9.17) is 0 Å². The molecule has 5 rings (SSSR count). The Labute approximate surface area is 323 Å². The second kappa shape index (κ2) is 18.9. The Bertz CT molecular complexity index is 1490. The lowest BCUT2D eigenvalue weighted by molar-refractivity contribution is 0.911. The third-order valence-electron chi connectivity index (χ3n) is 10.7. The highest BCUT2D eigenvalue weighted by Gasteiger charge is 2.24. The fourth-order valence-electron chi connectivity index (χ4n) is 9.31. The first-order chi connectivity index (χ1) is 24.7. The van der Waals surface area contributed by atoms with E-state index in [2.05, 4.69) is 142 Å². The Kier molecular flexibility index (Phi) is 15.2. The normalized spacial score (nSPS) is 21.3. The number of hydrogen-bond donors (Lipinski definition) is 2. The highest BCUT2D eigenvalue weighted by Crippen LogP contribution is 2.46. The van der Waals surface area contributed by atoms with Gasteiger partial charge in [-0.1, -0.05) is 102 Å². The number of aryl methyl sites for hydroxylation is 12. The molecule has 0 radical (unpaired) electrons. The summed E-state index contributed by atoms with van der Waals surface area (Å²) >= 11 is 0. The topological polar surface area (TPSA) is 24.1 Å². The van der Waals surface area contributed by atoms with Crippen molar-refractivity contribution in [1.82, 2.24) is 10.6 Å². The maximum atomic E-state index is 4.19. The first kappa shape index (κ1) is 41.7. The lowest BCUT2D eigenvalue weighted by Gasteiger charge is -2.30. The fraction of sp³-hybridized carbons (Fsp3) is 0.478. The summed E-state index contributed by atoms with van der Waals surface area (Å²) in [5, 5.41) is 15.0. The highest BCUT2D eigenvalue weighted by atomic mass is 31.1. The van der Waals surface area contributed by atoms with Gasteiger partial charge in [0.1, 0.15) is 0 Å². The molecule has 1 saturated heterocycles. The van der Waals surface area contributed by atoms with E-state index in [9.17, 15) is 0 Å². The van der Waals surface area contributed by atoms with Crippen LogP contribution in [-0.4, -0.2) is 49.8 Å². The Hall–Kier alpha value is -1.48. The Morgan fingerprint density at radius 1 is 0.308 bits per heavy atom. The van der Waals surface area contributed by atoms with E-state index >= 15 is 0 Å². The SMILES string of the molecule is Cc1cc(C)c(P2CCCP(c3c(C)cc(C)cc3C)CNCP(c3c(C)cc(C)cc3C)CCCP(c3c(C)cc(C)cc3C)CNC2)c(C)c1. The van der Waals surface area contributed by atoms with E-state index in [1.54, 1.807) is 21.2 Å².